The van der Waals surface area contributed by atoms with Crippen LogP contribution in [0.3, 0.4) is 0 Å². The maximum absolute atomic E-state index is 4.22. The van der Waals surface area contributed by atoms with Gasteiger partial charge in [0.2, 0.25) is 0 Å². The van der Waals surface area contributed by atoms with Gasteiger partial charge >= 0.3 is 0 Å². The van der Waals surface area contributed by atoms with Crippen molar-refractivity contribution < 1.29 is 0 Å². The molecule has 0 saturated carbocycles. The first-order valence-corrected chi connectivity index (χ1v) is 4.37. The molecule has 68 valence electrons. The van der Waals surface area contributed by atoms with Crippen molar-refractivity contribution in [1.29, 1.82) is 0 Å². The molecule has 0 aliphatic rings. The van der Waals surface area contributed by atoms with Crippen molar-refractivity contribution in [3.8, 4) is 5.69 Å². The fourth-order valence-electron chi connectivity index (χ4n) is 1.54. The number of hydrogen-bond donors (Lipinski definition) is 1. The van der Waals surface area contributed by atoms with E-state index in [9.17, 15) is 0 Å². The second kappa shape index (κ2) is 2.70. The van der Waals surface area contributed by atoms with Crippen molar-refractivity contribution in [3.63, 3.8) is 0 Å². The maximum Gasteiger partial charge on any atom is 0.139 e. The second-order valence-corrected chi connectivity index (χ2v) is 3.02. The van der Waals surface area contributed by atoms with E-state index in [0.717, 1.165) is 16.7 Å². The fourth-order valence-corrected chi connectivity index (χ4v) is 1.54. The highest BCUT2D eigenvalue weighted by Gasteiger charge is 2.04. The van der Waals surface area contributed by atoms with E-state index in [1.54, 1.807) is 12.4 Å². The Morgan fingerprint density at radius 2 is 2.21 bits per heavy atom. The molecule has 0 unspecified atom stereocenters. The monoisotopic (exact) mass is 184 g/mol. The fraction of sp³-hybridized carbons (Fsp3) is 0. The van der Waals surface area contributed by atoms with Crippen molar-refractivity contribution in [2.45, 2.75) is 0 Å². The van der Waals surface area contributed by atoms with Gasteiger partial charge in [-0.25, -0.2) is 9.67 Å². The molecule has 0 saturated heterocycles. The van der Waals surface area contributed by atoms with Crippen molar-refractivity contribution in [1.82, 2.24) is 19.7 Å². The van der Waals surface area contributed by atoms with Crippen LogP contribution in [0.2, 0.25) is 0 Å². The molecule has 0 bridgehead atoms. The molecule has 0 aromatic carbocycles. The molecule has 3 heterocycles. The number of aromatic amines is 1. The molecule has 0 radical (unpaired) electrons. The van der Waals surface area contributed by atoms with Crippen LogP contribution in [0.5, 0.6) is 0 Å². The molecule has 14 heavy (non-hydrogen) atoms. The number of nitrogens with one attached hydrogen (secondary N) is 1. The third-order valence-electron chi connectivity index (χ3n) is 2.18. The molecule has 0 aliphatic carbocycles. The van der Waals surface area contributed by atoms with Crippen molar-refractivity contribution in [3.05, 3.63) is 43.0 Å². The molecule has 0 fully saturated rings. The molecule has 0 aliphatic heterocycles. The zero-order chi connectivity index (χ0) is 9.38. The van der Waals surface area contributed by atoms with Gasteiger partial charge in [0.15, 0.2) is 0 Å². The Balaban J connectivity index is 2.33. The van der Waals surface area contributed by atoms with E-state index in [-0.39, 0.29) is 0 Å². The molecule has 0 spiro atoms. The van der Waals surface area contributed by atoms with Gasteiger partial charge in [0.25, 0.3) is 0 Å². The molecular formula is C10H8N4. The van der Waals surface area contributed by atoms with Crippen molar-refractivity contribution >= 4 is 11.0 Å². The Labute approximate surface area is 80.2 Å². The number of pyridine rings is 1. The van der Waals surface area contributed by atoms with Gasteiger partial charge in [-0.2, -0.15) is 5.10 Å². The first-order valence-electron chi connectivity index (χ1n) is 4.37. The minimum atomic E-state index is 0.887. The summed E-state index contributed by atoms with van der Waals surface area (Å²) in [7, 11) is 0. The Bertz CT molecular complexity index is 550. The molecule has 0 amide bonds. The van der Waals surface area contributed by atoms with E-state index in [1.165, 1.54) is 0 Å². The van der Waals surface area contributed by atoms with Gasteiger partial charge in [0.1, 0.15) is 5.65 Å². The van der Waals surface area contributed by atoms with E-state index in [1.807, 2.05) is 35.3 Å². The van der Waals surface area contributed by atoms with E-state index in [0.29, 0.717) is 0 Å². The van der Waals surface area contributed by atoms with E-state index >= 15 is 0 Å². The highest BCUT2D eigenvalue weighted by molar-refractivity contribution is 5.84. The van der Waals surface area contributed by atoms with Crippen LogP contribution < -0.4 is 0 Å². The average Bonchev–Trinajstić information content (AvgIpc) is 2.85. The lowest BCUT2D eigenvalue weighted by Crippen LogP contribution is -1.91. The number of rotatable bonds is 1. The minimum absolute atomic E-state index is 0.887. The zero-order valence-corrected chi connectivity index (χ0v) is 7.38. The summed E-state index contributed by atoms with van der Waals surface area (Å²) in [5.41, 5.74) is 1.91. The summed E-state index contributed by atoms with van der Waals surface area (Å²) in [5, 5.41) is 5.26. The van der Waals surface area contributed by atoms with Gasteiger partial charge in [0, 0.05) is 30.2 Å². The quantitative estimate of drug-likeness (QED) is 0.626. The number of fused-ring (bicyclic) bond motifs is 1. The summed E-state index contributed by atoms with van der Waals surface area (Å²) in [6.07, 6.45) is 7.35. The largest absolute Gasteiger partial charge is 0.344 e. The molecule has 0 atom stereocenters. The second-order valence-electron chi connectivity index (χ2n) is 3.02. The number of hydrogen-bond acceptors (Lipinski definition) is 2. The van der Waals surface area contributed by atoms with Gasteiger partial charge in [-0.3, -0.25) is 0 Å². The average molecular weight is 184 g/mol. The van der Waals surface area contributed by atoms with Crippen LogP contribution in [0, 0.1) is 0 Å². The molecular weight excluding hydrogens is 176 g/mol. The van der Waals surface area contributed by atoms with Crippen LogP contribution in [0.4, 0.5) is 0 Å². The molecule has 1 N–H and O–H groups in total. The Morgan fingerprint density at radius 1 is 1.21 bits per heavy atom. The molecule has 3 aromatic rings. The topological polar surface area (TPSA) is 46.5 Å². The van der Waals surface area contributed by atoms with Gasteiger partial charge in [-0.1, -0.05) is 0 Å². The predicted octanol–water partition coefficient (Wildman–Crippen LogP) is 1.75. The first kappa shape index (κ1) is 7.32. The van der Waals surface area contributed by atoms with Crippen LogP contribution >= 0.6 is 0 Å². The summed E-state index contributed by atoms with van der Waals surface area (Å²) >= 11 is 0. The summed E-state index contributed by atoms with van der Waals surface area (Å²) in [4.78, 5) is 7.32. The third kappa shape index (κ3) is 0.939. The van der Waals surface area contributed by atoms with E-state index in [4.69, 9.17) is 0 Å². The van der Waals surface area contributed by atoms with Gasteiger partial charge < -0.3 is 4.98 Å². The van der Waals surface area contributed by atoms with Crippen molar-refractivity contribution in [2.75, 3.05) is 0 Å². The normalized spacial score (nSPS) is 10.9. The summed E-state index contributed by atoms with van der Waals surface area (Å²) < 4.78 is 1.82. The Morgan fingerprint density at radius 3 is 3.07 bits per heavy atom. The lowest BCUT2D eigenvalue weighted by Gasteiger charge is -1.96. The minimum Gasteiger partial charge on any atom is -0.344 e. The van der Waals surface area contributed by atoms with Crippen LogP contribution in [0.25, 0.3) is 16.7 Å². The van der Waals surface area contributed by atoms with Gasteiger partial charge in [-0.05, 0) is 18.2 Å². The van der Waals surface area contributed by atoms with Crippen LogP contribution in [0.15, 0.2) is 43.0 Å². The van der Waals surface area contributed by atoms with E-state index in [2.05, 4.69) is 15.1 Å². The maximum atomic E-state index is 4.22. The first-order chi connectivity index (χ1) is 6.95. The highest BCUT2D eigenvalue weighted by atomic mass is 15.3. The lowest BCUT2D eigenvalue weighted by atomic mass is 10.3. The molecule has 3 rings (SSSR count). The van der Waals surface area contributed by atoms with Gasteiger partial charge in [0.05, 0.1) is 5.69 Å². The van der Waals surface area contributed by atoms with Crippen LogP contribution in [-0.2, 0) is 0 Å². The third-order valence-corrected chi connectivity index (χ3v) is 2.18. The zero-order valence-electron chi connectivity index (χ0n) is 7.38. The molecule has 4 heteroatoms. The SMILES string of the molecule is c1cnc2[nH]cc(-n3cccn3)c2c1. The Hall–Kier alpha value is -2.10. The molecule has 4 nitrogen and oxygen atoms in total. The highest BCUT2D eigenvalue weighted by Crippen LogP contribution is 2.18. The number of aromatic nitrogens is 4. The standard InChI is InChI=1S/C10H8N4/c1-3-8-9(14-6-2-5-13-14)7-12-10(8)11-4-1/h1-7H,(H,11,12). The Kier molecular flexibility index (Phi) is 1.41. The summed E-state index contributed by atoms with van der Waals surface area (Å²) in [6.45, 7) is 0. The molecule has 3 aromatic heterocycles. The summed E-state index contributed by atoms with van der Waals surface area (Å²) in [6, 6.07) is 5.84. The summed E-state index contributed by atoms with van der Waals surface area (Å²) in [5.74, 6) is 0. The van der Waals surface area contributed by atoms with Gasteiger partial charge in [-0.15, -0.1) is 0 Å². The van der Waals surface area contributed by atoms with Crippen LogP contribution in [0.1, 0.15) is 0 Å². The van der Waals surface area contributed by atoms with Crippen molar-refractivity contribution in [2.24, 2.45) is 0 Å². The number of nitrogens with zero attached hydrogens (tertiary/aromatic N) is 3. The number of H-pyrrole nitrogens is 1. The smallest absolute Gasteiger partial charge is 0.139 e. The van der Waals surface area contributed by atoms with E-state index < -0.39 is 0 Å². The van der Waals surface area contributed by atoms with Crippen LogP contribution in [-0.4, -0.2) is 19.7 Å². The predicted molar refractivity (Wildman–Crippen MR) is 53.2 cm³/mol. The lowest BCUT2D eigenvalue weighted by molar-refractivity contribution is 0.887.